The Balaban J connectivity index is 0.00000261. The van der Waals surface area contributed by atoms with E-state index in [-0.39, 0.29) is 36.2 Å². The molecule has 7 heteroatoms. The lowest BCUT2D eigenvalue weighted by Gasteiger charge is -2.33. The summed E-state index contributed by atoms with van der Waals surface area (Å²) in [4.78, 5) is 26.8. The molecule has 0 radical (unpaired) electrons. The van der Waals surface area contributed by atoms with Gasteiger partial charge in [0, 0.05) is 31.2 Å². The molecule has 3 rings (SSSR count). The highest BCUT2D eigenvalue weighted by molar-refractivity contribution is 5.85. The molecule has 0 bridgehead atoms. The Bertz CT molecular complexity index is 627. The number of amides is 2. The number of ether oxygens (including phenoxy) is 1. The molecule has 2 amide bonds. The van der Waals surface area contributed by atoms with Crippen LogP contribution in [0, 0.1) is 5.92 Å². The van der Waals surface area contributed by atoms with Crippen molar-refractivity contribution in [3.8, 4) is 5.75 Å². The minimum atomic E-state index is 0. The fraction of sp³-hybridized carbons (Fsp3) is 0.600. The Hall–Kier alpha value is -1.79. The first-order valence-corrected chi connectivity index (χ1v) is 9.58. The van der Waals surface area contributed by atoms with Crippen LogP contribution in [0.4, 0.5) is 0 Å². The number of piperidine rings is 2. The standard InChI is InChI=1S/C20H29N3O3.ClH/c1-26-18-7-3-2-5-15(18)13-19(24)23-11-8-17(9-12-23)22-20(25)16-6-4-10-21-14-16;/h2-3,5,7,16-17,21H,4,6,8-14H2,1H3,(H,22,25);1H. The first kappa shape index (κ1) is 21.5. The molecule has 2 heterocycles. The van der Waals surface area contributed by atoms with Crippen molar-refractivity contribution in [1.82, 2.24) is 15.5 Å². The second kappa shape index (κ2) is 10.5. The summed E-state index contributed by atoms with van der Waals surface area (Å²) in [7, 11) is 1.62. The zero-order chi connectivity index (χ0) is 18.4. The van der Waals surface area contributed by atoms with Crippen LogP contribution in [0.15, 0.2) is 24.3 Å². The fourth-order valence-electron chi connectivity index (χ4n) is 3.79. The molecule has 150 valence electrons. The van der Waals surface area contributed by atoms with Crippen LogP contribution < -0.4 is 15.4 Å². The zero-order valence-electron chi connectivity index (χ0n) is 15.9. The van der Waals surface area contributed by atoms with Crippen molar-refractivity contribution in [2.75, 3.05) is 33.3 Å². The first-order chi connectivity index (χ1) is 12.7. The largest absolute Gasteiger partial charge is 0.496 e. The molecule has 6 nitrogen and oxygen atoms in total. The van der Waals surface area contributed by atoms with E-state index < -0.39 is 0 Å². The van der Waals surface area contributed by atoms with E-state index in [1.807, 2.05) is 29.2 Å². The monoisotopic (exact) mass is 395 g/mol. The number of nitrogens with zero attached hydrogens (tertiary/aromatic N) is 1. The average Bonchev–Trinajstić information content (AvgIpc) is 2.69. The van der Waals surface area contributed by atoms with Gasteiger partial charge < -0.3 is 20.3 Å². The van der Waals surface area contributed by atoms with Gasteiger partial charge in [-0.3, -0.25) is 9.59 Å². The van der Waals surface area contributed by atoms with E-state index in [1.165, 1.54) is 0 Å². The number of likely N-dealkylation sites (tertiary alicyclic amines) is 1. The van der Waals surface area contributed by atoms with Gasteiger partial charge in [-0.15, -0.1) is 12.4 Å². The van der Waals surface area contributed by atoms with Crippen molar-refractivity contribution < 1.29 is 14.3 Å². The van der Waals surface area contributed by atoms with Gasteiger partial charge in [-0.05, 0) is 38.3 Å². The molecule has 0 spiro atoms. The summed E-state index contributed by atoms with van der Waals surface area (Å²) in [5.41, 5.74) is 0.917. The second-order valence-corrected chi connectivity index (χ2v) is 7.20. The predicted molar refractivity (Wildman–Crippen MR) is 107 cm³/mol. The summed E-state index contributed by atoms with van der Waals surface area (Å²) in [6.45, 7) is 3.18. The number of nitrogens with one attached hydrogen (secondary N) is 2. The number of halogens is 1. The highest BCUT2D eigenvalue weighted by atomic mass is 35.5. The normalized spacial score (nSPS) is 20.5. The summed E-state index contributed by atoms with van der Waals surface area (Å²) in [5, 5.41) is 6.46. The van der Waals surface area contributed by atoms with Gasteiger partial charge in [0.15, 0.2) is 0 Å². The molecular formula is C20H30ClN3O3. The predicted octanol–water partition coefficient (Wildman–Crippen LogP) is 1.77. The molecule has 1 unspecified atom stereocenters. The topological polar surface area (TPSA) is 70.7 Å². The van der Waals surface area contributed by atoms with E-state index in [1.54, 1.807) is 7.11 Å². The van der Waals surface area contributed by atoms with Gasteiger partial charge >= 0.3 is 0 Å². The summed E-state index contributed by atoms with van der Waals surface area (Å²) >= 11 is 0. The summed E-state index contributed by atoms with van der Waals surface area (Å²) < 4.78 is 5.33. The van der Waals surface area contributed by atoms with Crippen LogP contribution in [0.3, 0.4) is 0 Å². The van der Waals surface area contributed by atoms with Crippen LogP contribution in [0.2, 0.25) is 0 Å². The smallest absolute Gasteiger partial charge is 0.227 e. The quantitative estimate of drug-likeness (QED) is 0.797. The van der Waals surface area contributed by atoms with Crippen LogP contribution in [-0.2, 0) is 16.0 Å². The van der Waals surface area contributed by atoms with Crippen LogP contribution in [0.1, 0.15) is 31.2 Å². The molecule has 1 atom stereocenters. The van der Waals surface area contributed by atoms with Gasteiger partial charge in [-0.2, -0.15) is 0 Å². The van der Waals surface area contributed by atoms with Crippen LogP contribution in [0.5, 0.6) is 5.75 Å². The van der Waals surface area contributed by atoms with E-state index >= 15 is 0 Å². The maximum absolute atomic E-state index is 12.6. The lowest BCUT2D eigenvalue weighted by molar-refractivity contribution is -0.131. The van der Waals surface area contributed by atoms with Gasteiger partial charge in [0.2, 0.25) is 11.8 Å². The van der Waals surface area contributed by atoms with Gasteiger partial charge in [-0.25, -0.2) is 0 Å². The number of carbonyl (C=O) groups excluding carboxylic acids is 2. The summed E-state index contributed by atoms with van der Waals surface area (Å²) in [6, 6.07) is 7.82. The molecule has 0 saturated carbocycles. The van der Waals surface area contributed by atoms with E-state index in [0.29, 0.717) is 19.5 Å². The number of carbonyl (C=O) groups is 2. The number of methoxy groups -OCH3 is 1. The Morgan fingerprint density at radius 2 is 1.96 bits per heavy atom. The average molecular weight is 396 g/mol. The Labute approximate surface area is 167 Å². The van der Waals surface area contributed by atoms with Gasteiger partial charge in [0.25, 0.3) is 0 Å². The van der Waals surface area contributed by atoms with Gasteiger partial charge in [-0.1, -0.05) is 18.2 Å². The molecule has 27 heavy (non-hydrogen) atoms. The van der Waals surface area contributed by atoms with Crippen molar-refractivity contribution in [1.29, 1.82) is 0 Å². The Morgan fingerprint density at radius 1 is 1.22 bits per heavy atom. The molecule has 0 aliphatic carbocycles. The highest BCUT2D eigenvalue weighted by Crippen LogP contribution is 2.20. The second-order valence-electron chi connectivity index (χ2n) is 7.20. The molecule has 1 aromatic rings. The molecular weight excluding hydrogens is 366 g/mol. The summed E-state index contributed by atoms with van der Waals surface area (Å²) in [5.74, 6) is 1.13. The van der Waals surface area contributed by atoms with E-state index in [9.17, 15) is 9.59 Å². The SMILES string of the molecule is COc1ccccc1CC(=O)N1CCC(NC(=O)C2CCCNC2)CC1.Cl. The van der Waals surface area contributed by atoms with Crippen LogP contribution in [0.25, 0.3) is 0 Å². The number of hydrogen-bond acceptors (Lipinski definition) is 4. The minimum Gasteiger partial charge on any atom is -0.496 e. The fourth-order valence-corrected chi connectivity index (χ4v) is 3.79. The maximum atomic E-state index is 12.6. The van der Waals surface area contributed by atoms with Crippen LogP contribution >= 0.6 is 12.4 Å². The van der Waals surface area contributed by atoms with E-state index in [2.05, 4.69) is 10.6 Å². The van der Waals surface area contributed by atoms with E-state index in [0.717, 1.165) is 50.1 Å². The Morgan fingerprint density at radius 3 is 2.63 bits per heavy atom. The highest BCUT2D eigenvalue weighted by Gasteiger charge is 2.27. The van der Waals surface area contributed by atoms with Crippen LogP contribution in [-0.4, -0.2) is 56.0 Å². The van der Waals surface area contributed by atoms with Crippen molar-refractivity contribution in [2.24, 2.45) is 5.92 Å². The first-order valence-electron chi connectivity index (χ1n) is 9.58. The van der Waals surface area contributed by atoms with Crippen molar-refractivity contribution in [3.05, 3.63) is 29.8 Å². The third kappa shape index (κ3) is 5.84. The third-order valence-electron chi connectivity index (χ3n) is 5.40. The lowest BCUT2D eigenvalue weighted by Crippen LogP contribution is -2.49. The minimum absolute atomic E-state index is 0. The maximum Gasteiger partial charge on any atom is 0.227 e. The molecule has 0 aromatic heterocycles. The summed E-state index contributed by atoms with van der Waals surface area (Å²) in [6.07, 6.45) is 4.03. The molecule has 2 N–H and O–H groups in total. The molecule has 2 fully saturated rings. The molecule has 1 aromatic carbocycles. The third-order valence-corrected chi connectivity index (χ3v) is 5.40. The van der Waals surface area contributed by atoms with Gasteiger partial charge in [0.05, 0.1) is 19.4 Å². The number of benzene rings is 1. The van der Waals surface area contributed by atoms with E-state index in [4.69, 9.17) is 4.74 Å². The van der Waals surface area contributed by atoms with Crippen molar-refractivity contribution in [3.63, 3.8) is 0 Å². The van der Waals surface area contributed by atoms with Gasteiger partial charge in [0.1, 0.15) is 5.75 Å². The molecule has 2 aliphatic rings. The number of para-hydroxylation sites is 1. The molecule has 2 aliphatic heterocycles. The lowest BCUT2D eigenvalue weighted by atomic mass is 9.97. The number of rotatable bonds is 5. The van der Waals surface area contributed by atoms with Crippen molar-refractivity contribution in [2.45, 2.75) is 38.1 Å². The number of hydrogen-bond donors (Lipinski definition) is 2. The molecule has 2 saturated heterocycles. The zero-order valence-corrected chi connectivity index (χ0v) is 16.7. The Kier molecular flexibility index (Phi) is 8.38. The van der Waals surface area contributed by atoms with Crippen molar-refractivity contribution >= 4 is 24.2 Å².